The van der Waals surface area contributed by atoms with Crippen molar-refractivity contribution in [3.63, 3.8) is 0 Å². The van der Waals surface area contributed by atoms with E-state index in [1.807, 2.05) is 36.4 Å². The molecule has 1 aliphatic rings. The van der Waals surface area contributed by atoms with Crippen molar-refractivity contribution in [1.82, 2.24) is 0 Å². The number of hydrogen-bond donors (Lipinski definition) is 0. The Morgan fingerprint density at radius 1 is 1.05 bits per heavy atom. The molecule has 22 heavy (non-hydrogen) atoms. The highest BCUT2D eigenvalue weighted by atomic mass is 16.5. The van der Waals surface area contributed by atoms with Gasteiger partial charge in [-0.2, -0.15) is 0 Å². The van der Waals surface area contributed by atoms with Crippen LogP contribution in [0.25, 0.3) is 10.8 Å². The zero-order chi connectivity index (χ0) is 15.5. The lowest BCUT2D eigenvalue weighted by molar-refractivity contribution is 0.0198. The normalized spacial score (nSPS) is 24.5. The molecule has 0 aromatic heterocycles. The molecule has 3 atom stereocenters. The molecule has 0 saturated heterocycles. The van der Waals surface area contributed by atoms with Crippen LogP contribution in [0.5, 0.6) is 0 Å². The smallest absolute Gasteiger partial charge is 0.338 e. The topological polar surface area (TPSA) is 26.3 Å². The molecule has 0 radical (unpaired) electrons. The lowest BCUT2D eigenvalue weighted by Crippen LogP contribution is -2.22. The van der Waals surface area contributed by atoms with Gasteiger partial charge in [-0.15, -0.1) is 0 Å². The summed E-state index contributed by atoms with van der Waals surface area (Å²) in [6, 6.07) is 13.9. The molecule has 2 nitrogen and oxygen atoms in total. The van der Waals surface area contributed by atoms with E-state index >= 15 is 0 Å². The molecule has 2 aromatic carbocycles. The van der Waals surface area contributed by atoms with Crippen LogP contribution in [-0.4, -0.2) is 12.1 Å². The van der Waals surface area contributed by atoms with Crippen molar-refractivity contribution in [1.29, 1.82) is 0 Å². The largest absolute Gasteiger partial charge is 0.458 e. The van der Waals surface area contributed by atoms with E-state index in [1.54, 1.807) is 0 Å². The molecule has 0 heterocycles. The molecule has 0 aliphatic heterocycles. The maximum absolute atomic E-state index is 12.5. The molecule has 1 saturated carbocycles. The highest BCUT2D eigenvalue weighted by molar-refractivity contribution is 5.95. The number of carbonyl (C=O) groups is 1. The third-order valence-corrected chi connectivity index (χ3v) is 5.07. The average Bonchev–Trinajstić information content (AvgIpc) is 2.96. The molecule has 3 unspecified atom stereocenters. The van der Waals surface area contributed by atoms with Gasteiger partial charge in [-0.3, -0.25) is 0 Å². The molecule has 3 rings (SSSR count). The second-order valence-electron chi connectivity index (χ2n) is 6.42. The first kappa shape index (κ1) is 15.1. The molecule has 0 N–H and O–H groups in total. The lowest BCUT2D eigenvalue weighted by Gasteiger charge is -2.18. The number of hydrogen-bond acceptors (Lipinski definition) is 2. The van der Waals surface area contributed by atoms with E-state index < -0.39 is 0 Å². The summed E-state index contributed by atoms with van der Waals surface area (Å²) in [6.45, 7) is 4.42. The Hall–Kier alpha value is -1.83. The number of benzene rings is 2. The minimum absolute atomic E-state index is 0.0916. The summed E-state index contributed by atoms with van der Waals surface area (Å²) in [4.78, 5) is 12.5. The van der Waals surface area contributed by atoms with Gasteiger partial charge in [0.2, 0.25) is 0 Å². The predicted octanol–water partition coefficient (Wildman–Crippen LogP) is 5.21. The fourth-order valence-electron chi connectivity index (χ4n) is 3.63. The first-order valence-corrected chi connectivity index (χ1v) is 8.41. The molecule has 116 valence electrons. The van der Waals surface area contributed by atoms with Gasteiger partial charge < -0.3 is 4.74 Å². The fourth-order valence-corrected chi connectivity index (χ4v) is 3.63. The highest BCUT2D eigenvalue weighted by Crippen LogP contribution is 2.37. The van der Waals surface area contributed by atoms with E-state index in [1.165, 1.54) is 12.8 Å². The number of carbonyl (C=O) groups excluding carboxylic acids is 1. The van der Waals surface area contributed by atoms with E-state index in [9.17, 15) is 4.79 Å². The molecule has 1 aliphatic carbocycles. The van der Waals surface area contributed by atoms with Gasteiger partial charge in [-0.1, -0.05) is 50.6 Å². The van der Waals surface area contributed by atoms with Crippen molar-refractivity contribution in [2.24, 2.45) is 11.8 Å². The van der Waals surface area contributed by atoms with Crippen LogP contribution >= 0.6 is 0 Å². The quantitative estimate of drug-likeness (QED) is 0.724. The van der Waals surface area contributed by atoms with Gasteiger partial charge in [-0.25, -0.2) is 4.79 Å². The Bertz CT molecular complexity index is 662. The van der Waals surface area contributed by atoms with Gasteiger partial charge in [0.05, 0.1) is 5.56 Å². The van der Waals surface area contributed by atoms with Gasteiger partial charge >= 0.3 is 5.97 Å². The van der Waals surface area contributed by atoms with Gasteiger partial charge in [0.25, 0.3) is 0 Å². The summed E-state index contributed by atoms with van der Waals surface area (Å²) in [6.07, 6.45) is 4.58. The summed E-state index contributed by atoms with van der Waals surface area (Å²) in [7, 11) is 0. The summed E-state index contributed by atoms with van der Waals surface area (Å²) in [5, 5.41) is 2.24. The Kier molecular flexibility index (Phi) is 4.47. The van der Waals surface area contributed by atoms with Crippen molar-refractivity contribution in [3.05, 3.63) is 48.0 Å². The zero-order valence-electron chi connectivity index (χ0n) is 13.4. The molecular formula is C20H24O2. The van der Waals surface area contributed by atoms with Crippen molar-refractivity contribution in [2.75, 3.05) is 0 Å². The molecule has 2 aromatic rings. The van der Waals surface area contributed by atoms with Crippen LogP contribution in [0.15, 0.2) is 42.5 Å². The highest BCUT2D eigenvalue weighted by Gasteiger charge is 2.34. The summed E-state index contributed by atoms with van der Waals surface area (Å²) in [5.74, 6) is 1.06. The fraction of sp³-hybridized carbons (Fsp3) is 0.450. The Morgan fingerprint density at radius 3 is 2.55 bits per heavy atom. The van der Waals surface area contributed by atoms with E-state index in [4.69, 9.17) is 4.74 Å². The van der Waals surface area contributed by atoms with E-state index in [-0.39, 0.29) is 12.1 Å². The second kappa shape index (κ2) is 6.51. The zero-order valence-corrected chi connectivity index (χ0v) is 13.4. The predicted molar refractivity (Wildman–Crippen MR) is 89.9 cm³/mol. The van der Waals surface area contributed by atoms with Crippen LogP contribution in [0, 0.1) is 11.8 Å². The van der Waals surface area contributed by atoms with Crippen molar-refractivity contribution < 1.29 is 9.53 Å². The summed E-state index contributed by atoms with van der Waals surface area (Å²) < 4.78 is 5.84. The Morgan fingerprint density at radius 2 is 1.82 bits per heavy atom. The lowest BCUT2D eigenvalue weighted by atomic mass is 10.0. The van der Waals surface area contributed by atoms with Crippen LogP contribution in [-0.2, 0) is 4.74 Å². The molecule has 0 spiro atoms. The van der Waals surface area contributed by atoms with E-state index in [2.05, 4.69) is 19.9 Å². The molecular weight excluding hydrogens is 272 g/mol. The van der Waals surface area contributed by atoms with Gasteiger partial charge in [-0.05, 0) is 54.0 Å². The maximum Gasteiger partial charge on any atom is 0.338 e. The monoisotopic (exact) mass is 296 g/mol. The Balaban J connectivity index is 1.75. The van der Waals surface area contributed by atoms with E-state index in [0.717, 1.165) is 23.6 Å². The van der Waals surface area contributed by atoms with E-state index in [0.29, 0.717) is 17.4 Å². The van der Waals surface area contributed by atoms with Crippen LogP contribution < -0.4 is 0 Å². The summed E-state index contributed by atoms with van der Waals surface area (Å²) in [5.41, 5.74) is 0.661. The van der Waals surface area contributed by atoms with Crippen molar-refractivity contribution in [3.8, 4) is 0 Å². The molecule has 1 fully saturated rings. The average molecular weight is 296 g/mol. The minimum atomic E-state index is -0.175. The molecule has 2 heteroatoms. The van der Waals surface area contributed by atoms with Gasteiger partial charge in [0, 0.05) is 0 Å². The number of esters is 1. The number of ether oxygens (including phenoxy) is 1. The third-order valence-electron chi connectivity index (χ3n) is 5.07. The molecule has 0 bridgehead atoms. The second-order valence-corrected chi connectivity index (χ2v) is 6.42. The summed E-state index contributed by atoms with van der Waals surface area (Å²) >= 11 is 0. The van der Waals surface area contributed by atoms with Crippen LogP contribution in [0.1, 0.15) is 49.9 Å². The number of fused-ring (bicyclic) bond motifs is 1. The van der Waals surface area contributed by atoms with Gasteiger partial charge in [0.15, 0.2) is 0 Å². The van der Waals surface area contributed by atoms with Crippen LogP contribution in [0.3, 0.4) is 0 Å². The first-order valence-electron chi connectivity index (χ1n) is 8.41. The first-order chi connectivity index (χ1) is 10.7. The SMILES string of the molecule is CCC1CC(CC)C(OC(=O)c2ccc3ccccc3c2)C1. The number of rotatable bonds is 4. The van der Waals surface area contributed by atoms with Crippen LogP contribution in [0.2, 0.25) is 0 Å². The standard InChI is InChI=1S/C20H24O2/c1-3-14-11-15(4-2)19(12-14)22-20(21)18-10-9-16-7-5-6-8-17(16)13-18/h5-10,13-15,19H,3-4,11-12H2,1-2H3. The Labute approximate surface area is 132 Å². The van der Waals surface area contributed by atoms with Crippen molar-refractivity contribution in [2.45, 2.75) is 45.6 Å². The van der Waals surface area contributed by atoms with Gasteiger partial charge in [0.1, 0.15) is 6.10 Å². The minimum Gasteiger partial charge on any atom is -0.458 e. The third kappa shape index (κ3) is 3.01. The molecule has 0 amide bonds. The van der Waals surface area contributed by atoms with Crippen LogP contribution in [0.4, 0.5) is 0 Å². The maximum atomic E-state index is 12.5. The van der Waals surface area contributed by atoms with Crippen molar-refractivity contribution >= 4 is 16.7 Å².